The standard InChI is InChI=1S/C3ClF2N3P/c4-10(5,6,1-7,2-8)3-9/q-1. The quantitative estimate of drug-likeness (QED) is 0.540. The average molecular weight is 182 g/mol. The van der Waals surface area contributed by atoms with Gasteiger partial charge in [-0.2, -0.15) is 0 Å². The van der Waals surface area contributed by atoms with Gasteiger partial charge in [-0.15, -0.1) is 0 Å². The van der Waals surface area contributed by atoms with Crippen LogP contribution in [0.5, 0.6) is 0 Å². The van der Waals surface area contributed by atoms with Crippen LogP contribution in [-0.4, -0.2) is 0 Å². The fraction of sp³-hybridized carbons (Fsp3) is 0. The Bertz CT molecular complexity index is 260. The molecule has 0 radical (unpaired) electrons. The molecule has 0 heterocycles. The zero-order valence-corrected chi connectivity index (χ0v) is 6.07. The summed E-state index contributed by atoms with van der Waals surface area (Å²) in [5.41, 5.74) is 0. The normalized spacial score (nSPS) is 16.8. The van der Waals surface area contributed by atoms with Gasteiger partial charge in [0.05, 0.1) is 0 Å². The summed E-state index contributed by atoms with van der Waals surface area (Å²) in [7, 11) is 0. The summed E-state index contributed by atoms with van der Waals surface area (Å²) in [5, 5.41) is 23.4. The van der Waals surface area contributed by atoms with Gasteiger partial charge in [-0.25, -0.2) is 0 Å². The van der Waals surface area contributed by atoms with Crippen molar-refractivity contribution in [2.24, 2.45) is 0 Å². The van der Waals surface area contributed by atoms with E-state index in [1.165, 1.54) is 0 Å². The van der Waals surface area contributed by atoms with Crippen LogP contribution in [0.1, 0.15) is 0 Å². The summed E-state index contributed by atoms with van der Waals surface area (Å²) in [4.78, 5) is 0. The molecule has 0 atom stereocenters. The second-order valence-electron chi connectivity index (χ2n) is 1.59. The van der Waals surface area contributed by atoms with Crippen LogP contribution >= 0.6 is 17.2 Å². The van der Waals surface area contributed by atoms with Crippen LogP contribution in [0.25, 0.3) is 0 Å². The van der Waals surface area contributed by atoms with Crippen molar-refractivity contribution < 1.29 is 8.39 Å². The molecule has 0 N–H and O–H groups in total. The van der Waals surface area contributed by atoms with Crippen LogP contribution in [0.15, 0.2) is 0 Å². The molecule has 0 aliphatic rings. The molecule has 0 spiro atoms. The molecule has 10 heavy (non-hydrogen) atoms. The number of hydrogen-bond acceptors (Lipinski definition) is 3. The molecule has 0 bridgehead atoms. The number of halogens is 3. The summed E-state index contributed by atoms with van der Waals surface area (Å²) in [6, 6.07) is 0. The van der Waals surface area contributed by atoms with Gasteiger partial charge < -0.3 is 0 Å². The molecule has 54 valence electrons. The van der Waals surface area contributed by atoms with Crippen molar-refractivity contribution in [2.75, 3.05) is 0 Å². The third-order valence-corrected chi connectivity index (χ3v) is 2.60. The maximum atomic E-state index is 12.5. The van der Waals surface area contributed by atoms with E-state index in [9.17, 15) is 8.39 Å². The Morgan fingerprint density at radius 3 is 1.20 bits per heavy atom. The zero-order chi connectivity index (χ0) is 8.53. The van der Waals surface area contributed by atoms with E-state index in [-0.39, 0.29) is 17.4 Å². The molecule has 0 rings (SSSR count). The van der Waals surface area contributed by atoms with E-state index in [2.05, 4.69) is 11.2 Å². The SMILES string of the molecule is N#C[P-](F)(F)(Cl)(C#N)C#N. The molecule has 0 aromatic carbocycles. The van der Waals surface area contributed by atoms with Crippen LogP contribution in [0.3, 0.4) is 0 Å². The topological polar surface area (TPSA) is 71.4 Å². The number of rotatable bonds is 0. The Balaban J connectivity index is 5.71. The zero-order valence-electron chi connectivity index (χ0n) is 4.42. The van der Waals surface area contributed by atoms with E-state index in [0.29, 0.717) is 0 Å². The van der Waals surface area contributed by atoms with Gasteiger partial charge in [0.25, 0.3) is 0 Å². The minimum atomic E-state index is -7.38. The Kier molecular flexibility index (Phi) is 1.25. The van der Waals surface area contributed by atoms with Crippen LogP contribution in [0, 0.1) is 33.2 Å². The van der Waals surface area contributed by atoms with E-state index in [1.807, 2.05) is 0 Å². The van der Waals surface area contributed by atoms with Gasteiger partial charge in [-0.05, 0) is 0 Å². The van der Waals surface area contributed by atoms with Gasteiger partial charge in [0, 0.05) is 0 Å². The van der Waals surface area contributed by atoms with Crippen molar-refractivity contribution in [2.45, 2.75) is 0 Å². The van der Waals surface area contributed by atoms with Crippen LogP contribution in [-0.2, 0) is 0 Å². The van der Waals surface area contributed by atoms with Gasteiger partial charge in [0.15, 0.2) is 0 Å². The summed E-state index contributed by atoms with van der Waals surface area (Å²) in [5.74, 6) is -6.55. The first-order valence-electron chi connectivity index (χ1n) is 1.85. The van der Waals surface area contributed by atoms with Gasteiger partial charge in [-0.1, -0.05) is 0 Å². The third kappa shape index (κ3) is 1.31. The first-order valence-corrected chi connectivity index (χ1v) is 5.22. The molecule has 0 aliphatic carbocycles. The summed E-state index contributed by atoms with van der Waals surface area (Å²) in [6.07, 6.45) is 0. The fourth-order valence-corrected chi connectivity index (χ4v) is 0.201. The van der Waals surface area contributed by atoms with E-state index >= 15 is 0 Å². The van der Waals surface area contributed by atoms with Gasteiger partial charge in [-0.3, -0.25) is 0 Å². The molecule has 0 amide bonds. The molecule has 0 saturated carbocycles. The van der Waals surface area contributed by atoms with Gasteiger partial charge >= 0.3 is 58.8 Å². The number of hydrogen-bond donors (Lipinski definition) is 0. The van der Waals surface area contributed by atoms with E-state index in [0.717, 1.165) is 0 Å². The summed E-state index contributed by atoms with van der Waals surface area (Å²) >= 11 is 4.32. The minimum absolute atomic E-state index is 0.277. The van der Waals surface area contributed by atoms with Crippen molar-refractivity contribution >= 4 is 17.2 Å². The van der Waals surface area contributed by atoms with Crippen LogP contribution < -0.4 is 0 Å². The molecular weight excluding hydrogens is 182 g/mol. The summed E-state index contributed by atoms with van der Waals surface area (Å²) in [6.45, 7) is 0. The third-order valence-electron chi connectivity index (χ3n) is 0.640. The molecule has 0 aromatic rings. The van der Waals surface area contributed by atoms with Gasteiger partial charge in [0.1, 0.15) is 0 Å². The Labute approximate surface area is 59.6 Å². The second-order valence-corrected chi connectivity index (χ2v) is 7.05. The molecular formula is C3ClF2N3P-. The average Bonchev–Trinajstić information content (AvgIpc) is 1.90. The Morgan fingerprint density at radius 1 is 1.00 bits per heavy atom. The monoisotopic (exact) mass is 182 g/mol. The molecule has 7 heteroatoms. The van der Waals surface area contributed by atoms with Crippen LogP contribution in [0.4, 0.5) is 8.39 Å². The first kappa shape index (κ1) is 9.05. The van der Waals surface area contributed by atoms with Crippen molar-refractivity contribution in [1.82, 2.24) is 0 Å². The number of nitrogens with zero attached hydrogens (tertiary/aromatic N) is 3. The molecule has 3 nitrogen and oxygen atoms in total. The van der Waals surface area contributed by atoms with Gasteiger partial charge in [0.2, 0.25) is 0 Å². The molecule has 0 aromatic heterocycles. The van der Waals surface area contributed by atoms with E-state index in [4.69, 9.17) is 15.8 Å². The predicted molar refractivity (Wildman–Crippen MR) is 31.8 cm³/mol. The van der Waals surface area contributed by atoms with Crippen LogP contribution in [0.2, 0.25) is 0 Å². The molecule has 0 saturated heterocycles. The Hall–Kier alpha value is -0.950. The fourth-order valence-electron chi connectivity index (χ4n) is 0.0671. The number of nitriles is 3. The Morgan fingerprint density at radius 2 is 1.20 bits per heavy atom. The summed E-state index contributed by atoms with van der Waals surface area (Å²) < 4.78 is 25.0. The van der Waals surface area contributed by atoms with Crippen molar-refractivity contribution in [3.8, 4) is 17.4 Å². The molecule has 0 unspecified atom stereocenters. The van der Waals surface area contributed by atoms with Crippen molar-refractivity contribution in [1.29, 1.82) is 15.8 Å². The van der Waals surface area contributed by atoms with Crippen molar-refractivity contribution in [3.05, 3.63) is 0 Å². The van der Waals surface area contributed by atoms with E-state index in [1.54, 1.807) is 0 Å². The second kappa shape index (κ2) is 1.38. The maximum absolute atomic E-state index is 12.5. The molecule has 0 fully saturated rings. The van der Waals surface area contributed by atoms with E-state index < -0.39 is 5.92 Å². The first-order chi connectivity index (χ1) is 4.21. The molecule has 0 aliphatic heterocycles. The van der Waals surface area contributed by atoms with Crippen molar-refractivity contribution in [3.63, 3.8) is 0 Å². The predicted octanol–water partition coefficient (Wildman–Crippen LogP) is 2.44.